The topological polar surface area (TPSA) is 38.5 Å². The van der Waals surface area contributed by atoms with Crippen LogP contribution in [0.5, 0.6) is 5.75 Å². The van der Waals surface area contributed by atoms with Crippen molar-refractivity contribution in [1.82, 2.24) is 0 Å². The third-order valence-corrected chi connectivity index (χ3v) is 4.03. The standard InChI is InChI=1S/C16H22N2OS/c1-4-15(17)16(12-8-9-20-11-12)19-14-7-5-6-13(10-14)18(2)3/h5-11,15-16H,4,17H2,1-3H3. The van der Waals surface area contributed by atoms with E-state index in [2.05, 4.69) is 34.7 Å². The van der Waals surface area contributed by atoms with Gasteiger partial charge in [-0.05, 0) is 35.4 Å². The Morgan fingerprint density at radius 3 is 2.70 bits per heavy atom. The second-order valence-corrected chi connectivity index (χ2v) is 5.84. The summed E-state index contributed by atoms with van der Waals surface area (Å²) in [6.07, 6.45) is 0.789. The fourth-order valence-electron chi connectivity index (χ4n) is 2.04. The highest BCUT2D eigenvalue weighted by Crippen LogP contribution is 2.29. The molecule has 0 aliphatic carbocycles. The van der Waals surface area contributed by atoms with Gasteiger partial charge in [0.25, 0.3) is 0 Å². The largest absolute Gasteiger partial charge is 0.484 e. The van der Waals surface area contributed by atoms with Crippen LogP contribution in [0.25, 0.3) is 0 Å². The molecule has 1 heterocycles. The van der Waals surface area contributed by atoms with Crippen LogP contribution in [-0.4, -0.2) is 20.1 Å². The van der Waals surface area contributed by atoms with Gasteiger partial charge >= 0.3 is 0 Å². The molecular weight excluding hydrogens is 268 g/mol. The zero-order valence-electron chi connectivity index (χ0n) is 12.2. The van der Waals surface area contributed by atoms with Crippen molar-refractivity contribution in [2.45, 2.75) is 25.5 Å². The highest BCUT2D eigenvalue weighted by molar-refractivity contribution is 7.07. The third kappa shape index (κ3) is 3.52. The van der Waals surface area contributed by atoms with Gasteiger partial charge in [0.05, 0.1) is 0 Å². The SMILES string of the molecule is CCC(N)C(Oc1cccc(N(C)C)c1)c1ccsc1. The minimum Gasteiger partial charge on any atom is -0.484 e. The Balaban J connectivity index is 2.22. The summed E-state index contributed by atoms with van der Waals surface area (Å²) in [4.78, 5) is 2.06. The van der Waals surface area contributed by atoms with Crippen molar-refractivity contribution in [3.63, 3.8) is 0 Å². The first-order valence-corrected chi connectivity index (χ1v) is 7.77. The molecule has 1 aromatic carbocycles. The summed E-state index contributed by atoms with van der Waals surface area (Å²) in [5.41, 5.74) is 8.50. The molecule has 0 aliphatic heterocycles. The van der Waals surface area contributed by atoms with Crippen molar-refractivity contribution in [2.24, 2.45) is 5.73 Å². The van der Waals surface area contributed by atoms with Crippen molar-refractivity contribution >= 4 is 17.0 Å². The second-order valence-electron chi connectivity index (χ2n) is 5.06. The summed E-state index contributed by atoms with van der Waals surface area (Å²) in [5.74, 6) is 0.858. The number of nitrogens with two attached hydrogens (primary N) is 1. The molecule has 0 fully saturated rings. The first-order valence-electron chi connectivity index (χ1n) is 6.83. The maximum atomic E-state index is 6.22. The summed E-state index contributed by atoms with van der Waals surface area (Å²) >= 11 is 1.67. The molecule has 0 radical (unpaired) electrons. The van der Waals surface area contributed by atoms with E-state index in [9.17, 15) is 0 Å². The lowest BCUT2D eigenvalue weighted by Gasteiger charge is -2.24. The number of benzene rings is 1. The molecule has 0 bridgehead atoms. The molecule has 20 heavy (non-hydrogen) atoms. The first-order chi connectivity index (χ1) is 9.61. The number of anilines is 1. The predicted molar refractivity (Wildman–Crippen MR) is 86.7 cm³/mol. The molecule has 0 spiro atoms. The molecule has 108 valence electrons. The smallest absolute Gasteiger partial charge is 0.140 e. The Morgan fingerprint density at radius 2 is 2.10 bits per heavy atom. The summed E-state index contributed by atoms with van der Waals surface area (Å²) in [5, 5.41) is 4.17. The van der Waals surface area contributed by atoms with E-state index in [1.54, 1.807) is 11.3 Å². The van der Waals surface area contributed by atoms with Crippen molar-refractivity contribution in [3.8, 4) is 5.75 Å². The normalized spacial score (nSPS) is 13.8. The van der Waals surface area contributed by atoms with Gasteiger partial charge in [-0.25, -0.2) is 0 Å². The predicted octanol–water partition coefficient (Wildman–Crippen LogP) is 3.67. The van der Waals surface area contributed by atoms with Crippen LogP contribution in [0.4, 0.5) is 5.69 Å². The Hall–Kier alpha value is -1.52. The van der Waals surface area contributed by atoms with Crippen LogP contribution in [-0.2, 0) is 0 Å². The van der Waals surface area contributed by atoms with Crippen molar-refractivity contribution in [3.05, 3.63) is 46.7 Å². The zero-order valence-corrected chi connectivity index (χ0v) is 13.1. The van der Waals surface area contributed by atoms with E-state index in [1.165, 1.54) is 0 Å². The molecule has 0 saturated carbocycles. The fraction of sp³-hybridized carbons (Fsp3) is 0.375. The van der Waals surface area contributed by atoms with Gasteiger partial charge in [0.15, 0.2) is 0 Å². The quantitative estimate of drug-likeness (QED) is 0.882. The average molecular weight is 290 g/mol. The van der Waals surface area contributed by atoms with Gasteiger partial charge in [-0.3, -0.25) is 0 Å². The molecule has 0 aliphatic rings. The Morgan fingerprint density at radius 1 is 1.30 bits per heavy atom. The number of nitrogens with zero attached hydrogens (tertiary/aromatic N) is 1. The lowest BCUT2D eigenvalue weighted by atomic mass is 10.0. The molecule has 1 aromatic heterocycles. The number of rotatable bonds is 6. The number of hydrogen-bond donors (Lipinski definition) is 1. The van der Waals surface area contributed by atoms with Gasteiger partial charge in [0.2, 0.25) is 0 Å². The van der Waals surface area contributed by atoms with E-state index in [0.717, 1.165) is 23.4 Å². The van der Waals surface area contributed by atoms with Crippen LogP contribution < -0.4 is 15.4 Å². The molecule has 2 atom stereocenters. The van der Waals surface area contributed by atoms with Crippen LogP contribution in [0, 0.1) is 0 Å². The van der Waals surface area contributed by atoms with E-state index in [0.29, 0.717) is 0 Å². The summed E-state index contributed by atoms with van der Waals surface area (Å²) < 4.78 is 6.16. The van der Waals surface area contributed by atoms with Crippen LogP contribution in [0.15, 0.2) is 41.1 Å². The fourth-order valence-corrected chi connectivity index (χ4v) is 2.72. The molecule has 2 aromatic rings. The molecule has 2 N–H and O–H groups in total. The summed E-state index contributed by atoms with van der Waals surface area (Å²) in [6.45, 7) is 2.09. The molecule has 4 heteroatoms. The van der Waals surface area contributed by atoms with E-state index in [1.807, 2.05) is 32.3 Å². The van der Waals surface area contributed by atoms with Crippen LogP contribution >= 0.6 is 11.3 Å². The average Bonchev–Trinajstić information content (AvgIpc) is 2.98. The number of hydrogen-bond acceptors (Lipinski definition) is 4. The van der Waals surface area contributed by atoms with E-state index in [4.69, 9.17) is 10.5 Å². The highest BCUT2D eigenvalue weighted by atomic mass is 32.1. The van der Waals surface area contributed by atoms with Gasteiger partial charge < -0.3 is 15.4 Å². The molecule has 0 amide bonds. The molecular formula is C16H22N2OS. The summed E-state index contributed by atoms with van der Waals surface area (Å²) in [6, 6.07) is 10.2. The van der Waals surface area contributed by atoms with E-state index < -0.39 is 0 Å². The van der Waals surface area contributed by atoms with Gasteiger partial charge in [0, 0.05) is 37.5 Å². The maximum Gasteiger partial charge on any atom is 0.140 e. The van der Waals surface area contributed by atoms with Crippen molar-refractivity contribution in [2.75, 3.05) is 19.0 Å². The van der Waals surface area contributed by atoms with Gasteiger partial charge in [-0.15, -0.1) is 0 Å². The molecule has 2 rings (SSSR count). The Labute approximate surface area is 125 Å². The van der Waals surface area contributed by atoms with Gasteiger partial charge in [-0.2, -0.15) is 11.3 Å². The van der Waals surface area contributed by atoms with E-state index in [-0.39, 0.29) is 12.1 Å². The lowest BCUT2D eigenvalue weighted by Crippen LogP contribution is -2.31. The molecule has 2 unspecified atom stereocenters. The molecule has 0 saturated heterocycles. The van der Waals surface area contributed by atoms with E-state index >= 15 is 0 Å². The lowest BCUT2D eigenvalue weighted by molar-refractivity contribution is 0.171. The highest BCUT2D eigenvalue weighted by Gasteiger charge is 2.21. The number of thiophene rings is 1. The van der Waals surface area contributed by atoms with Gasteiger partial charge in [0.1, 0.15) is 11.9 Å². The minimum absolute atomic E-state index is 0.00684. The third-order valence-electron chi connectivity index (χ3n) is 3.33. The number of ether oxygens (including phenoxy) is 1. The van der Waals surface area contributed by atoms with Crippen LogP contribution in [0.2, 0.25) is 0 Å². The Bertz CT molecular complexity index is 525. The van der Waals surface area contributed by atoms with Crippen molar-refractivity contribution < 1.29 is 4.74 Å². The van der Waals surface area contributed by atoms with Crippen molar-refractivity contribution in [1.29, 1.82) is 0 Å². The Kier molecular flexibility index (Phi) is 5.04. The first kappa shape index (κ1) is 14.9. The van der Waals surface area contributed by atoms with Crippen LogP contribution in [0.3, 0.4) is 0 Å². The minimum atomic E-state index is -0.0938. The second kappa shape index (κ2) is 6.77. The molecule has 3 nitrogen and oxygen atoms in total. The van der Waals surface area contributed by atoms with Crippen LogP contribution in [0.1, 0.15) is 25.0 Å². The summed E-state index contributed by atoms with van der Waals surface area (Å²) in [7, 11) is 4.04. The van der Waals surface area contributed by atoms with Gasteiger partial charge in [-0.1, -0.05) is 13.0 Å². The maximum absolute atomic E-state index is 6.22. The monoisotopic (exact) mass is 290 g/mol. The zero-order chi connectivity index (χ0) is 14.5.